The zero-order valence-electron chi connectivity index (χ0n) is 12.3. The average molecular weight is 276 g/mol. The number of nitrogens with zero attached hydrogens (tertiary/aromatic N) is 1. The maximum atomic E-state index is 12.1. The summed E-state index contributed by atoms with van der Waals surface area (Å²) in [6.07, 6.45) is 2.40. The second kappa shape index (κ2) is 7.41. The van der Waals surface area contributed by atoms with Crippen LogP contribution in [0.3, 0.4) is 0 Å². The lowest BCUT2D eigenvalue weighted by molar-refractivity contribution is -0.143. The highest BCUT2D eigenvalue weighted by Crippen LogP contribution is 2.24. The van der Waals surface area contributed by atoms with Crippen molar-refractivity contribution in [2.75, 3.05) is 33.8 Å². The molecular formula is C16H24N2O2. The molecule has 0 amide bonds. The molecule has 1 aliphatic heterocycles. The Morgan fingerprint density at radius 2 is 2.20 bits per heavy atom. The van der Waals surface area contributed by atoms with Crippen LogP contribution in [0.25, 0.3) is 0 Å². The molecular weight excluding hydrogens is 252 g/mol. The Balaban J connectivity index is 2.10. The van der Waals surface area contributed by atoms with Gasteiger partial charge in [0.05, 0.1) is 13.0 Å². The third-order valence-corrected chi connectivity index (χ3v) is 4.04. The highest BCUT2D eigenvalue weighted by Gasteiger charge is 2.30. The molecule has 0 aliphatic carbocycles. The first-order valence-corrected chi connectivity index (χ1v) is 7.27. The summed E-state index contributed by atoms with van der Waals surface area (Å²) in [5, 5.41) is 3.24. The number of benzene rings is 1. The van der Waals surface area contributed by atoms with E-state index in [1.807, 2.05) is 37.4 Å². The quantitative estimate of drug-likeness (QED) is 0.802. The Morgan fingerprint density at radius 3 is 2.85 bits per heavy atom. The second-order valence-electron chi connectivity index (χ2n) is 5.34. The van der Waals surface area contributed by atoms with E-state index in [-0.39, 0.29) is 11.9 Å². The van der Waals surface area contributed by atoms with Gasteiger partial charge in [0.25, 0.3) is 0 Å². The van der Waals surface area contributed by atoms with Crippen LogP contribution < -0.4 is 5.32 Å². The molecule has 1 fully saturated rings. The number of carbonyl (C=O) groups is 1. The lowest BCUT2D eigenvalue weighted by atomic mass is 9.98. The van der Waals surface area contributed by atoms with Gasteiger partial charge in [0, 0.05) is 19.1 Å². The number of rotatable bonds is 6. The van der Waals surface area contributed by atoms with Gasteiger partial charge in [0.1, 0.15) is 0 Å². The van der Waals surface area contributed by atoms with E-state index in [1.54, 1.807) is 0 Å². The fourth-order valence-electron chi connectivity index (χ4n) is 2.98. The van der Waals surface area contributed by atoms with Gasteiger partial charge < -0.3 is 10.1 Å². The van der Waals surface area contributed by atoms with Crippen LogP contribution >= 0.6 is 0 Å². The molecule has 2 rings (SSSR count). The first-order valence-electron chi connectivity index (χ1n) is 7.27. The van der Waals surface area contributed by atoms with Gasteiger partial charge in [-0.05, 0) is 32.0 Å². The van der Waals surface area contributed by atoms with Gasteiger partial charge in [-0.15, -0.1) is 0 Å². The first kappa shape index (κ1) is 15.0. The van der Waals surface area contributed by atoms with Crippen molar-refractivity contribution >= 4 is 5.97 Å². The predicted molar refractivity (Wildman–Crippen MR) is 79.7 cm³/mol. The van der Waals surface area contributed by atoms with Crippen molar-refractivity contribution in [3.05, 3.63) is 35.9 Å². The summed E-state index contributed by atoms with van der Waals surface area (Å²) in [4.78, 5) is 14.5. The Morgan fingerprint density at radius 1 is 1.45 bits per heavy atom. The van der Waals surface area contributed by atoms with Crippen molar-refractivity contribution in [1.29, 1.82) is 0 Å². The zero-order chi connectivity index (χ0) is 14.4. The van der Waals surface area contributed by atoms with Crippen LogP contribution in [0, 0.1) is 0 Å². The van der Waals surface area contributed by atoms with Gasteiger partial charge in [0.2, 0.25) is 0 Å². The molecule has 1 aromatic rings. The minimum absolute atomic E-state index is 0.147. The molecule has 1 saturated heterocycles. The molecule has 4 nitrogen and oxygen atoms in total. The van der Waals surface area contributed by atoms with E-state index in [1.165, 1.54) is 20.0 Å². The van der Waals surface area contributed by atoms with E-state index in [0.717, 1.165) is 25.2 Å². The molecule has 0 bridgehead atoms. The van der Waals surface area contributed by atoms with E-state index in [2.05, 4.69) is 10.2 Å². The van der Waals surface area contributed by atoms with Crippen LogP contribution in [0.5, 0.6) is 0 Å². The third kappa shape index (κ3) is 3.58. The minimum Gasteiger partial charge on any atom is -0.469 e. The van der Waals surface area contributed by atoms with Crippen molar-refractivity contribution in [3.63, 3.8) is 0 Å². The van der Waals surface area contributed by atoms with Crippen LogP contribution in [0.1, 0.15) is 24.3 Å². The topological polar surface area (TPSA) is 41.6 Å². The highest BCUT2D eigenvalue weighted by atomic mass is 16.5. The van der Waals surface area contributed by atoms with Crippen LogP contribution in [0.15, 0.2) is 30.3 Å². The molecule has 4 heteroatoms. The van der Waals surface area contributed by atoms with Crippen LogP contribution in [-0.4, -0.2) is 50.7 Å². The number of methoxy groups -OCH3 is 1. The first-order chi connectivity index (χ1) is 9.76. The summed E-state index contributed by atoms with van der Waals surface area (Å²) in [5.41, 5.74) is 1.04. The smallest absolute Gasteiger partial charge is 0.314 e. The zero-order valence-corrected chi connectivity index (χ0v) is 12.3. The monoisotopic (exact) mass is 276 g/mol. The molecule has 2 unspecified atom stereocenters. The number of nitrogens with one attached hydrogen (secondary N) is 1. The van der Waals surface area contributed by atoms with E-state index in [0.29, 0.717) is 6.04 Å². The summed E-state index contributed by atoms with van der Waals surface area (Å²) in [7, 11) is 3.44. The number of hydrogen-bond donors (Lipinski definition) is 1. The number of carbonyl (C=O) groups excluding carboxylic acids is 1. The van der Waals surface area contributed by atoms with E-state index >= 15 is 0 Å². The molecule has 0 radical (unpaired) electrons. The largest absolute Gasteiger partial charge is 0.469 e. The molecule has 1 N–H and O–H groups in total. The van der Waals surface area contributed by atoms with Crippen LogP contribution in [-0.2, 0) is 9.53 Å². The summed E-state index contributed by atoms with van der Waals surface area (Å²) in [6, 6.07) is 10.4. The van der Waals surface area contributed by atoms with E-state index in [9.17, 15) is 4.79 Å². The van der Waals surface area contributed by atoms with Gasteiger partial charge >= 0.3 is 5.97 Å². The molecule has 1 heterocycles. The van der Waals surface area contributed by atoms with Crippen LogP contribution in [0.2, 0.25) is 0 Å². The standard InChI is InChI=1S/C16H24N2O2/c1-17-11-14-9-6-10-18(14)12-15(16(19)20-2)13-7-4-3-5-8-13/h3-5,7-8,14-15,17H,6,9-12H2,1-2H3. The maximum Gasteiger partial charge on any atom is 0.314 e. The number of ether oxygens (including phenoxy) is 1. The van der Waals surface area contributed by atoms with Gasteiger partial charge in [-0.3, -0.25) is 9.69 Å². The Labute approximate surface area is 121 Å². The molecule has 0 aromatic heterocycles. The normalized spacial score (nSPS) is 20.8. The SMILES string of the molecule is CNCC1CCCN1CC(C(=O)OC)c1ccccc1. The molecule has 20 heavy (non-hydrogen) atoms. The van der Waals surface area contributed by atoms with E-state index in [4.69, 9.17) is 4.74 Å². The summed E-state index contributed by atoms with van der Waals surface area (Å²) in [6.45, 7) is 2.78. The Bertz CT molecular complexity index is 422. The van der Waals surface area contributed by atoms with Crippen molar-refractivity contribution < 1.29 is 9.53 Å². The average Bonchev–Trinajstić information content (AvgIpc) is 2.92. The number of likely N-dealkylation sites (tertiary alicyclic amines) is 1. The fourth-order valence-corrected chi connectivity index (χ4v) is 2.98. The molecule has 1 aromatic carbocycles. The Hall–Kier alpha value is -1.39. The number of hydrogen-bond acceptors (Lipinski definition) is 4. The van der Waals surface area contributed by atoms with Gasteiger partial charge in [-0.2, -0.15) is 0 Å². The summed E-state index contributed by atoms with van der Waals surface area (Å²) < 4.78 is 4.99. The van der Waals surface area contributed by atoms with Crippen molar-refractivity contribution in [1.82, 2.24) is 10.2 Å². The molecule has 1 aliphatic rings. The third-order valence-electron chi connectivity index (χ3n) is 4.04. The minimum atomic E-state index is -0.196. The lowest BCUT2D eigenvalue weighted by Gasteiger charge is -2.28. The van der Waals surface area contributed by atoms with Gasteiger partial charge in [-0.25, -0.2) is 0 Å². The summed E-state index contributed by atoms with van der Waals surface area (Å²) in [5.74, 6) is -0.343. The predicted octanol–water partition coefficient (Wildman–Crippen LogP) is 1.63. The number of esters is 1. The fraction of sp³-hybridized carbons (Fsp3) is 0.562. The molecule has 110 valence electrons. The van der Waals surface area contributed by atoms with Crippen molar-refractivity contribution in [3.8, 4) is 0 Å². The van der Waals surface area contributed by atoms with Crippen molar-refractivity contribution in [2.24, 2.45) is 0 Å². The van der Waals surface area contributed by atoms with E-state index < -0.39 is 0 Å². The summed E-state index contributed by atoms with van der Waals surface area (Å²) >= 11 is 0. The molecule has 2 atom stereocenters. The Kier molecular flexibility index (Phi) is 5.56. The molecule has 0 spiro atoms. The maximum absolute atomic E-state index is 12.1. The van der Waals surface area contributed by atoms with Gasteiger partial charge in [0.15, 0.2) is 0 Å². The second-order valence-corrected chi connectivity index (χ2v) is 5.34. The van der Waals surface area contributed by atoms with Gasteiger partial charge in [-0.1, -0.05) is 30.3 Å². The van der Waals surface area contributed by atoms with Crippen molar-refractivity contribution in [2.45, 2.75) is 24.8 Å². The van der Waals surface area contributed by atoms with Crippen LogP contribution in [0.4, 0.5) is 0 Å². The lowest BCUT2D eigenvalue weighted by Crippen LogP contribution is -2.40. The molecule has 0 saturated carbocycles. The highest BCUT2D eigenvalue weighted by molar-refractivity contribution is 5.78. The number of likely N-dealkylation sites (N-methyl/N-ethyl adjacent to an activating group) is 1.